The minimum atomic E-state index is 0.0336. The number of unbranched alkanes of at least 4 members (excludes halogenated alkanes) is 8. The van der Waals surface area contributed by atoms with E-state index in [0.29, 0.717) is 39.4 Å². The van der Waals surface area contributed by atoms with Gasteiger partial charge in [-0.25, -0.2) is 0 Å². The fourth-order valence-corrected chi connectivity index (χ4v) is 12.5. The zero-order valence-electron chi connectivity index (χ0n) is 30.8. The molecule has 2 heteroatoms. The lowest BCUT2D eigenvalue weighted by atomic mass is 9.33. The molecule has 4 fully saturated rings. The summed E-state index contributed by atoms with van der Waals surface area (Å²) in [5.74, 6) is 2.18. The molecule has 0 unspecified atom stereocenters. The van der Waals surface area contributed by atoms with Crippen LogP contribution in [0.5, 0.6) is 0 Å². The first-order valence-electron chi connectivity index (χ1n) is 19.5. The Bertz CT molecular complexity index is 1050. The molecule has 8 atom stereocenters. The van der Waals surface area contributed by atoms with Gasteiger partial charge in [0.2, 0.25) is 0 Å². The van der Waals surface area contributed by atoms with Crippen LogP contribution in [-0.2, 0) is 9.53 Å². The Balaban J connectivity index is 1.23. The monoisotopic (exact) mass is 609 g/mol. The highest BCUT2D eigenvalue weighted by Crippen LogP contribution is 2.75. The van der Waals surface area contributed by atoms with E-state index in [1.165, 1.54) is 109 Å². The van der Waals surface area contributed by atoms with Gasteiger partial charge in [0.05, 0.1) is 0 Å². The van der Waals surface area contributed by atoms with Crippen LogP contribution >= 0.6 is 0 Å². The van der Waals surface area contributed by atoms with Crippen LogP contribution < -0.4 is 0 Å². The first kappa shape index (κ1) is 34.5. The Kier molecular flexibility index (Phi) is 9.95. The van der Waals surface area contributed by atoms with Gasteiger partial charge in [0.15, 0.2) is 0 Å². The standard InChI is InChI=1S/C42H72O2/c1-10-11-12-13-14-15-16-17-18-19-36(43)44-35-23-24-40(7)33(38(35,4)5)22-25-42(9)34(40)21-20-31-32-30-37(2,3)26-27-39(32,6)28-29-41(31,42)8/h20,32-35H,10-19,21-30H2,1-9H3/t32-,33-,34+,35-,39+,40-,41+,42+/m0/s1. The summed E-state index contributed by atoms with van der Waals surface area (Å²) in [6.45, 7) is 23.0. The van der Waals surface area contributed by atoms with Gasteiger partial charge in [-0.2, -0.15) is 0 Å². The second-order valence-electron chi connectivity index (χ2n) is 19.3. The molecule has 0 N–H and O–H groups in total. The van der Waals surface area contributed by atoms with E-state index >= 15 is 0 Å². The third-order valence-corrected chi connectivity index (χ3v) is 15.8. The second-order valence-corrected chi connectivity index (χ2v) is 19.3. The van der Waals surface area contributed by atoms with Crippen LogP contribution in [-0.4, -0.2) is 12.1 Å². The summed E-state index contributed by atoms with van der Waals surface area (Å²) in [5.41, 5.74) is 3.88. The highest BCUT2D eigenvalue weighted by Gasteiger charge is 2.68. The zero-order chi connectivity index (χ0) is 32.0. The molecule has 252 valence electrons. The molecule has 5 rings (SSSR count). The van der Waals surface area contributed by atoms with Gasteiger partial charge < -0.3 is 4.74 Å². The maximum Gasteiger partial charge on any atom is 0.306 e. The summed E-state index contributed by atoms with van der Waals surface area (Å²) in [4.78, 5) is 13.1. The van der Waals surface area contributed by atoms with Crippen LogP contribution in [0.2, 0.25) is 0 Å². The van der Waals surface area contributed by atoms with E-state index < -0.39 is 0 Å². The quantitative estimate of drug-likeness (QED) is 0.132. The van der Waals surface area contributed by atoms with Crippen LogP contribution in [0.3, 0.4) is 0 Å². The topological polar surface area (TPSA) is 26.3 Å². The number of carbonyl (C=O) groups excluding carboxylic acids is 1. The summed E-state index contributed by atoms with van der Waals surface area (Å²) in [6, 6.07) is 0. The molecule has 0 bridgehead atoms. The van der Waals surface area contributed by atoms with Crippen molar-refractivity contribution in [1.29, 1.82) is 0 Å². The third-order valence-electron chi connectivity index (χ3n) is 15.8. The van der Waals surface area contributed by atoms with Crippen molar-refractivity contribution in [3.63, 3.8) is 0 Å². The summed E-state index contributed by atoms with van der Waals surface area (Å²) in [6.07, 6.45) is 28.2. The molecule has 5 aliphatic carbocycles. The van der Waals surface area contributed by atoms with Gasteiger partial charge in [-0.1, -0.05) is 125 Å². The fourth-order valence-electron chi connectivity index (χ4n) is 12.5. The molecule has 0 aromatic rings. The summed E-state index contributed by atoms with van der Waals surface area (Å²) in [5, 5.41) is 0. The molecule has 0 aliphatic heterocycles. The maximum atomic E-state index is 13.1. The van der Waals surface area contributed by atoms with Gasteiger partial charge in [0, 0.05) is 11.8 Å². The third kappa shape index (κ3) is 6.02. The van der Waals surface area contributed by atoms with Crippen LogP contribution in [0.1, 0.15) is 191 Å². The largest absolute Gasteiger partial charge is 0.462 e. The van der Waals surface area contributed by atoms with E-state index in [1.54, 1.807) is 0 Å². The Hall–Kier alpha value is -0.790. The number of carbonyl (C=O) groups is 1. The number of rotatable bonds is 11. The number of hydrogen-bond donors (Lipinski definition) is 0. The number of hydrogen-bond acceptors (Lipinski definition) is 2. The Morgan fingerprint density at radius 3 is 2.07 bits per heavy atom. The first-order valence-corrected chi connectivity index (χ1v) is 19.5. The zero-order valence-corrected chi connectivity index (χ0v) is 30.8. The number of ether oxygens (including phenoxy) is 1. The molecule has 2 nitrogen and oxygen atoms in total. The van der Waals surface area contributed by atoms with E-state index in [0.717, 1.165) is 24.7 Å². The van der Waals surface area contributed by atoms with E-state index in [-0.39, 0.29) is 17.5 Å². The number of allylic oxidation sites excluding steroid dienone is 2. The van der Waals surface area contributed by atoms with Crippen molar-refractivity contribution < 1.29 is 9.53 Å². The van der Waals surface area contributed by atoms with E-state index in [2.05, 4.69) is 68.4 Å². The van der Waals surface area contributed by atoms with Crippen molar-refractivity contribution in [2.75, 3.05) is 0 Å². The van der Waals surface area contributed by atoms with Crippen molar-refractivity contribution in [3.8, 4) is 0 Å². The fraction of sp³-hybridized carbons (Fsp3) is 0.929. The van der Waals surface area contributed by atoms with Gasteiger partial charge in [-0.15, -0.1) is 0 Å². The van der Waals surface area contributed by atoms with Gasteiger partial charge in [0.1, 0.15) is 6.10 Å². The minimum Gasteiger partial charge on any atom is -0.462 e. The van der Waals surface area contributed by atoms with Crippen molar-refractivity contribution >= 4 is 5.97 Å². The van der Waals surface area contributed by atoms with Gasteiger partial charge in [-0.3, -0.25) is 4.79 Å². The molecule has 0 radical (unpaired) electrons. The molecule has 5 aliphatic rings. The van der Waals surface area contributed by atoms with E-state index in [9.17, 15) is 4.79 Å². The highest BCUT2D eigenvalue weighted by molar-refractivity contribution is 5.69. The number of fused-ring (bicyclic) bond motifs is 7. The van der Waals surface area contributed by atoms with Gasteiger partial charge >= 0.3 is 5.97 Å². The molecule has 0 heterocycles. The predicted octanol–water partition coefficient (Wildman–Crippen LogP) is 12.6. The molecule has 0 saturated heterocycles. The summed E-state index contributed by atoms with van der Waals surface area (Å²) < 4.78 is 6.38. The maximum absolute atomic E-state index is 13.1. The normalized spacial score (nSPS) is 42.2. The highest BCUT2D eigenvalue weighted by atomic mass is 16.5. The molecule has 0 spiro atoms. The van der Waals surface area contributed by atoms with Crippen molar-refractivity contribution in [2.24, 2.45) is 50.2 Å². The van der Waals surface area contributed by atoms with Crippen molar-refractivity contribution in [2.45, 2.75) is 197 Å². The molecular weight excluding hydrogens is 536 g/mol. The average molecular weight is 609 g/mol. The summed E-state index contributed by atoms with van der Waals surface area (Å²) >= 11 is 0. The van der Waals surface area contributed by atoms with Gasteiger partial charge in [-0.05, 0) is 115 Å². The lowest BCUT2D eigenvalue weighted by molar-refractivity contribution is -0.212. The minimum absolute atomic E-state index is 0.0336. The van der Waals surface area contributed by atoms with Crippen molar-refractivity contribution in [3.05, 3.63) is 11.6 Å². The molecule has 4 saturated carbocycles. The Morgan fingerprint density at radius 1 is 0.750 bits per heavy atom. The smallest absolute Gasteiger partial charge is 0.306 e. The Morgan fingerprint density at radius 2 is 1.39 bits per heavy atom. The molecule has 0 aromatic carbocycles. The predicted molar refractivity (Wildman–Crippen MR) is 186 cm³/mol. The molecule has 44 heavy (non-hydrogen) atoms. The SMILES string of the molecule is CCCCCCCCCCCC(=O)O[C@H]1CC[C@]2(C)[C@H]3CC=C4[C@@H]5CC(C)(C)CC[C@]5(C)CC[C@@]4(C)[C@]3(C)CC[C@H]2C1(C)C. The second kappa shape index (κ2) is 12.7. The summed E-state index contributed by atoms with van der Waals surface area (Å²) in [7, 11) is 0. The molecule has 0 aromatic heterocycles. The lowest BCUT2D eigenvalue weighted by Crippen LogP contribution is -2.64. The van der Waals surface area contributed by atoms with Crippen LogP contribution in [0.25, 0.3) is 0 Å². The Labute approximate surface area is 273 Å². The van der Waals surface area contributed by atoms with Crippen LogP contribution in [0.15, 0.2) is 11.6 Å². The van der Waals surface area contributed by atoms with E-state index in [1.807, 2.05) is 5.57 Å². The molecule has 0 amide bonds. The van der Waals surface area contributed by atoms with E-state index in [4.69, 9.17) is 4.74 Å². The first-order chi connectivity index (χ1) is 20.6. The number of esters is 1. The van der Waals surface area contributed by atoms with Crippen molar-refractivity contribution in [1.82, 2.24) is 0 Å². The molecular formula is C42H72O2. The lowest BCUT2D eigenvalue weighted by Gasteiger charge is -2.71. The average Bonchev–Trinajstić information content (AvgIpc) is 2.95. The van der Waals surface area contributed by atoms with Crippen LogP contribution in [0.4, 0.5) is 0 Å². The van der Waals surface area contributed by atoms with Gasteiger partial charge in [0.25, 0.3) is 0 Å². The van der Waals surface area contributed by atoms with Crippen LogP contribution in [0, 0.1) is 50.2 Å².